The molecule has 0 aliphatic heterocycles. The van der Waals surface area contributed by atoms with Gasteiger partial charge in [-0.3, -0.25) is 14.9 Å². The van der Waals surface area contributed by atoms with Gasteiger partial charge in [-0.2, -0.15) is 0 Å². The van der Waals surface area contributed by atoms with Gasteiger partial charge in [-0.25, -0.2) is 4.98 Å². The van der Waals surface area contributed by atoms with Crippen molar-refractivity contribution in [1.29, 1.82) is 0 Å². The predicted octanol–water partition coefficient (Wildman–Crippen LogP) is 2.01. The summed E-state index contributed by atoms with van der Waals surface area (Å²) in [6.07, 6.45) is 5.69. The summed E-state index contributed by atoms with van der Waals surface area (Å²) in [4.78, 5) is 26.0. The smallest absolute Gasteiger partial charge is 0.270 e. The molecule has 1 N–H and O–H groups in total. The van der Waals surface area contributed by atoms with E-state index in [2.05, 4.69) is 16.2 Å². The molecule has 1 aromatic carbocycles. The van der Waals surface area contributed by atoms with Crippen molar-refractivity contribution in [2.45, 2.75) is 6.42 Å². The molecule has 0 unspecified atom stereocenters. The van der Waals surface area contributed by atoms with Gasteiger partial charge in [-0.05, 0) is 17.9 Å². The molecule has 0 fully saturated rings. The minimum Gasteiger partial charge on any atom is -0.350 e. The summed E-state index contributed by atoms with van der Waals surface area (Å²) < 4.78 is 0. The number of carbonyl (C=O) groups is 1. The molecule has 0 saturated carbocycles. The highest BCUT2D eigenvalue weighted by Gasteiger charge is 2.10. The Balaban J connectivity index is 1.89. The van der Waals surface area contributed by atoms with E-state index in [9.17, 15) is 14.9 Å². The van der Waals surface area contributed by atoms with Gasteiger partial charge < -0.3 is 5.32 Å². The summed E-state index contributed by atoms with van der Waals surface area (Å²) in [7, 11) is 0. The fourth-order valence-electron chi connectivity index (χ4n) is 1.68. The Morgan fingerprint density at radius 1 is 1.52 bits per heavy atom. The van der Waals surface area contributed by atoms with Crippen LogP contribution in [0.4, 0.5) is 5.69 Å². The highest BCUT2D eigenvalue weighted by atomic mass is 32.1. The van der Waals surface area contributed by atoms with Gasteiger partial charge in [0.25, 0.3) is 11.6 Å². The summed E-state index contributed by atoms with van der Waals surface area (Å²) in [5, 5.41) is 15.4. The number of nitro benzene ring substituents is 1. The molecule has 21 heavy (non-hydrogen) atoms. The van der Waals surface area contributed by atoms with Gasteiger partial charge in [0.15, 0.2) is 5.01 Å². The van der Waals surface area contributed by atoms with Crippen LogP contribution in [0.25, 0.3) is 0 Å². The molecular formula is C14H11N3O3S. The lowest BCUT2D eigenvalue weighted by atomic mass is 10.1. The Morgan fingerprint density at radius 2 is 2.33 bits per heavy atom. The highest BCUT2D eigenvalue weighted by Crippen LogP contribution is 2.13. The maximum atomic E-state index is 11.8. The van der Waals surface area contributed by atoms with Crippen LogP contribution in [-0.4, -0.2) is 22.4 Å². The van der Waals surface area contributed by atoms with E-state index in [4.69, 9.17) is 6.42 Å². The molecule has 0 spiro atoms. The van der Waals surface area contributed by atoms with Gasteiger partial charge in [0, 0.05) is 24.1 Å². The van der Waals surface area contributed by atoms with Gasteiger partial charge in [0.1, 0.15) is 5.69 Å². The van der Waals surface area contributed by atoms with E-state index in [1.54, 1.807) is 17.5 Å². The number of non-ortho nitro benzene ring substituents is 1. The molecule has 0 atom stereocenters. The van der Waals surface area contributed by atoms with Gasteiger partial charge in [0.2, 0.25) is 0 Å². The van der Waals surface area contributed by atoms with Crippen molar-refractivity contribution < 1.29 is 9.72 Å². The zero-order chi connectivity index (χ0) is 15.2. The number of terminal acetylenes is 1. The number of nitrogens with one attached hydrogen (secondary N) is 1. The van der Waals surface area contributed by atoms with Crippen molar-refractivity contribution in [2.75, 3.05) is 6.54 Å². The summed E-state index contributed by atoms with van der Waals surface area (Å²) in [5.41, 5.74) is 1.11. The van der Waals surface area contributed by atoms with E-state index in [0.717, 1.165) is 5.56 Å². The summed E-state index contributed by atoms with van der Waals surface area (Å²) in [6, 6.07) is 6.32. The number of thiazole rings is 1. The molecule has 2 aromatic rings. The van der Waals surface area contributed by atoms with Gasteiger partial charge >= 0.3 is 0 Å². The third kappa shape index (κ3) is 3.87. The average molecular weight is 301 g/mol. The zero-order valence-corrected chi connectivity index (χ0v) is 11.7. The van der Waals surface area contributed by atoms with Crippen molar-refractivity contribution in [3.63, 3.8) is 0 Å². The van der Waals surface area contributed by atoms with Crippen molar-refractivity contribution >= 4 is 22.9 Å². The van der Waals surface area contributed by atoms with E-state index >= 15 is 0 Å². The molecule has 0 bridgehead atoms. The maximum Gasteiger partial charge on any atom is 0.270 e. The van der Waals surface area contributed by atoms with Gasteiger partial charge in [-0.1, -0.05) is 12.1 Å². The number of nitro groups is 1. The first kappa shape index (κ1) is 14.7. The molecule has 0 aliphatic rings. The van der Waals surface area contributed by atoms with E-state index in [1.807, 2.05) is 0 Å². The summed E-state index contributed by atoms with van der Waals surface area (Å²) in [6.45, 7) is 0.364. The van der Waals surface area contributed by atoms with E-state index in [0.29, 0.717) is 18.0 Å². The number of amides is 1. The molecule has 0 saturated heterocycles. The van der Waals surface area contributed by atoms with Crippen LogP contribution in [0.1, 0.15) is 21.1 Å². The normalized spacial score (nSPS) is 9.86. The first-order chi connectivity index (χ1) is 10.1. The second kappa shape index (κ2) is 6.63. The largest absolute Gasteiger partial charge is 0.350 e. The number of nitrogens with zero attached hydrogens (tertiary/aromatic N) is 2. The minimum atomic E-state index is -0.446. The lowest BCUT2D eigenvalue weighted by Crippen LogP contribution is -2.26. The molecule has 0 aliphatic carbocycles. The highest BCUT2D eigenvalue weighted by molar-refractivity contribution is 7.10. The second-order valence-corrected chi connectivity index (χ2v) is 4.97. The van der Waals surface area contributed by atoms with Crippen molar-refractivity contribution in [2.24, 2.45) is 0 Å². The monoisotopic (exact) mass is 301 g/mol. The third-order valence-corrected chi connectivity index (χ3v) is 3.45. The van der Waals surface area contributed by atoms with Crippen LogP contribution in [0.5, 0.6) is 0 Å². The molecule has 106 valence electrons. The van der Waals surface area contributed by atoms with Crippen LogP contribution in [0.3, 0.4) is 0 Å². The quantitative estimate of drug-likeness (QED) is 0.520. The first-order valence-corrected chi connectivity index (χ1v) is 6.92. The lowest BCUT2D eigenvalue weighted by molar-refractivity contribution is -0.384. The van der Waals surface area contributed by atoms with Crippen LogP contribution >= 0.6 is 11.3 Å². The molecular weight excluding hydrogens is 290 g/mol. The molecule has 6 nitrogen and oxygen atoms in total. The van der Waals surface area contributed by atoms with Crippen LogP contribution in [-0.2, 0) is 6.42 Å². The fourth-order valence-corrected chi connectivity index (χ4v) is 2.28. The summed E-state index contributed by atoms with van der Waals surface area (Å²) in [5.74, 6) is 2.06. The topological polar surface area (TPSA) is 85.1 Å². The predicted molar refractivity (Wildman–Crippen MR) is 79.2 cm³/mol. The van der Waals surface area contributed by atoms with Crippen molar-refractivity contribution in [1.82, 2.24) is 10.3 Å². The Kier molecular flexibility index (Phi) is 4.64. The molecule has 1 amide bonds. The Hall–Kier alpha value is -2.72. The fraction of sp³-hybridized carbons (Fsp3) is 0.143. The molecule has 7 heteroatoms. The number of hydrogen-bond acceptors (Lipinski definition) is 5. The van der Waals surface area contributed by atoms with Crippen molar-refractivity contribution in [3.8, 4) is 12.3 Å². The first-order valence-electron chi connectivity index (χ1n) is 6.04. The van der Waals surface area contributed by atoms with E-state index in [1.165, 1.54) is 23.5 Å². The minimum absolute atomic E-state index is 0.0389. The molecule has 1 aromatic heterocycles. The number of hydrogen-bond donors (Lipinski definition) is 1. The standard InChI is InChI=1S/C14H11N3O3S/c1-2-13-16-12(9-21-13)14(18)15-7-6-10-4-3-5-11(8-10)17(19)20/h1,3-5,8-9H,6-7H2,(H,15,18). The van der Waals surface area contributed by atoms with E-state index < -0.39 is 4.92 Å². The molecule has 1 heterocycles. The van der Waals surface area contributed by atoms with E-state index in [-0.39, 0.29) is 17.3 Å². The zero-order valence-electron chi connectivity index (χ0n) is 10.9. The van der Waals surface area contributed by atoms with Crippen LogP contribution in [0, 0.1) is 22.5 Å². The van der Waals surface area contributed by atoms with Crippen LogP contribution in [0.2, 0.25) is 0 Å². The average Bonchev–Trinajstić information content (AvgIpc) is 2.96. The number of benzene rings is 1. The number of rotatable bonds is 5. The molecule has 2 rings (SSSR count). The van der Waals surface area contributed by atoms with Crippen LogP contribution < -0.4 is 5.32 Å². The Labute approximate surface area is 125 Å². The van der Waals surface area contributed by atoms with Gasteiger partial charge in [-0.15, -0.1) is 17.8 Å². The molecule has 0 radical (unpaired) electrons. The van der Waals surface area contributed by atoms with Crippen LogP contribution in [0.15, 0.2) is 29.6 Å². The lowest BCUT2D eigenvalue weighted by Gasteiger charge is -2.03. The Bertz CT molecular complexity index is 718. The van der Waals surface area contributed by atoms with Gasteiger partial charge in [0.05, 0.1) is 4.92 Å². The maximum absolute atomic E-state index is 11.8. The SMILES string of the molecule is C#Cc1nc(C(=O)NCCc2cccc([N+](=O)[O-])c2)cs1. The Morgan fingerprint density at radius 3 is 3.00 bits per heavy atom. The number of carbonyl (C=O) groups excluding carboxylic acids is 1. The number of aromatic nitrogens is 1. The summed E-state index contributed by atoms with van der Waals surface area (Å²) >= 11 is 1.23. The third-order valence-electron chi connectivity index (χ3n) is 2.68. The van der Waals surface area contributed by atoms with Crippen molar-refractivity contribution in [3.05, 3.63) is 56.0 Å². The second-order valence-electron chi connectivity index (χ2n) is 4.12.